The molecular weight excluding hydrogens is 272 g/mol. The summed E-state index contributed by atoms with van der Waals surface area (Å²) < 4.78 is 0. The molecule has 1 aromatic carbocycles. The quantitative estimate of drug-likeness (QED) is 0.747. The number of hydrogen-bond donors (Lipinski definition) is 3. The maximum absolute atomic E-state index is 11.8. The number of carbonyl (C=O) groups excluding carboxylic acids is 2. The van der Waals surface area contributed by atoms with Gasteiger partial charge in [-0.2, -0.15) is 0 Å². The van der Waals surface area contributed by atoms with Gasteiger partial charge in [0, 0.05) is 11.6 Å². The Balaban J connectivity index is 1.73. The molecule has 6 heteroatoms. The largest absolute Gasteiger partial charge is 0.481 e. The summed E-state index contributed by atoms with van der Waals surface area (Å²) in [6.45, 7) is -0.109. The second kappa shape index (κ2) is 6.88. The van der Waals surface area contributed by atoms with Crippen LogP contribution >= 0.6 is 0 Å². The Kier molecular flexibility index (Phi) is 4.92. The third kappa shape index (κ3) is 4.30. The number of rotatable bonds is 5. The number of carbonyl (C=O) groups is 3. The van der Waals surface area contributed by atoms with E-state index in [9.17, 15) is 14.4 Å². The van der Waals surface area contributed by atoms with Crippen LogP contribution in [0.5, 0.6) is 0 Å². The third-order valence-electron chi connectivity index (χ3n) is 3.59. The van der Waals surface area contributed by atoms with Crippen LogP contribution in [0.15, 0.2) is 30.3 Å². The number of amides is 2. The zero-order valence-electron chi connectivity index (χ0n) is 11.5. The van der Waals surface area contributed by atoms with Crippen LogP contribution in [0.1, 0.15) is 29.6 Å². The van der Waals surface area contributed by atoms with E-state index < -0.39 is 5.97 Å². The normalized spacial score (nSPS) is 20.8. The van der Waals surface area contributed by atoms with Crippen LogP contribution in [-0.2, 0) is 9.59 Å². The summed E-state index contributed by atoms with van der Waals surface area (Å²) >= 11 is 0. The lowest BCUT2D eigenvalue weighted by molar-refractivity contribution is -0.141. The predicted octanol–water partition coefficient (Wildman–Crippen LogP) is 0.786. The first kappa shape index (κ1) is 15.0. The fourth-order valence-corrected chi connectivity index (χ4v) is 2.47. The van der Waals surface area contributed by atoms with Crippen LogP contribution in [0, 0.1) is 5.92 Å². The summed E-state index contributed by atoms with van der Waals surface area (Å²) in [5.74, 6) is -1.80. The van der Waals surface area contributed by atoms with Crippen LogP contribution in [-0.4, -0.2) is 35.5 Å². The SMILES string of the molecule is O=C(CNC(=O)c1ccccc1)NC1CCC(C(=O)O)C1. The van der Waals surface area contributed by atoms with Gasteiger partial charge in [-0.1, -0.05) is 18.2 Å². The molecule has 112 valence electrons. The van der Waals surface area contributed by atoms with E-state index in [2.05, 4.69) is 10.6 Å². The molecule has 6 nitrogen and oxygen atoms in total. The minimum Gasteiger partial charge on any atom is -0.481 e. The summed E-state index contributed by atoms with van der Waals surface area (Å²) in [6.07, 6.45) is 1.69. The van der Waals surface area contributed by atoms with E-state index in [1.807, 2.05) is 6.07 Å². The smallest absolute Gasteiger partial charge is 0.306 e. The van der Waals surface area contributed by atoms with E-state index in [1.165, 1.54) is 0 Å². The molecule has 0 aliphatic heterocycles. The molecule has 0 bridgehead atoms. The van der Waals surface area contributed by atoms with Gasteiger partial charge in [0.2, 0.25) is 5.91 Å². The second-order valence-electron chi connectivity index (χ2n) is 5.16. The van der Waals surface area contributed by atoms with Crippen LogP contribution in [0.25, 0.3) is 0 Å². The molecule has 0 saturated heterocycles. The summed E-state index contributed by atoms with van der Waals surface area (Å²) in [5, 5.41) is 14.2. The molecule has 3 N–H and O–H groups in total. The molecule has 21 heavy (non-hydrogen) atoms. The topological polar surface area (TPSA) is 95.5 Å². The number of hydrogen-bond acceptors (Lipinski definition) is 3. The molecule has 0 aromatic heterocycles. The van der Waals surface area contributed by atoms with Crippen molar-refractivity contribution in [2.45, 2.75) is 25.3 Å². The summed E-state index contributed by atoms with van der Waals surface area (Å²) in [4.78, 5) is 34.3. The molecule has 0 radical (unpaired) electrons. The van der Waals surface area contributed by atoms with E-state index in [4.69, 9.17) is 5.11 Å². The first-order chi connectivity index (χ1) is 10.1. The molecule has 1 aromatic rings. The maximum Gasteiger partial charge on any atom is 0.306 e. The fraction of sp³-hybridized carbons (Fsp3) is 0.400. The molecule has 1 fully saturated rings. The van der Waals surface area contributed by atoms with Crippen molar-refractivity contribution in [3.8, 4) is 0 Å². The van der Waals surface area contributed by atoms with Gasteiger partial charge in [0.05, 0.1) is 12.5 Å². The average molecular weight is 290 g/mol. The van der Waals surface area contributed by atoms with Crippen LogP contribution in [0.3, 0.4) is 0 Å². The van der Waals surface area contributed by atoms with Crippen molar-refractivity contribution in [1.29, 1.82) is 0 Å². The lowest BCUT2D eigenvalue weighted by Gasteiger charge is -2.12. The molecular formula is C15H18N2O4. The number of aliphatic carboxylic acids is 1. The van der Waals surface area contributed by atoms with Gasteiger partial charge in [0.25, 0.3) is 5.91 Å². The Morgan fingerprint density at radius 1 is 1.14 bits per heavy atom. The summed E-state index contributed by atoms with van der Waals surface area (Å²) in [7, 11) is 0. The van der Waals surface area contributed by atoms with Crippen molar-refractivity contribution in [3.05, 3.63) is 35.9 Å². The highest BCUT2D eigenvalue weighted by molar-refractivity contribution is 5.96. The number of benzene rings is 1. The molecule has 2 unspecified atom stereocenters. The monoisotopic (exact) mass is 290 g/mol. The second-order valence-corrected chi connectivity index (χ2v) is 5.16. The third-order valence-corrected chi connectivity index (χ3v) is 3.59. The van der Waals surface area contributed by atoms with Gasteiger partial charge in [-0.25, -0.2) is 0 Å². The highest BCUT2D eigenvalue weighted by Gasteiger charge is 2.30. The van der Waals surface area contributed by atoms with Crippen molar-refractivity contribution in [3.63, 3.8) is 0 Å². The molecule has 2 rings (SSSR count). The number of carboxylic acids is 1. The molecule has 0 spiro atoms. The summed E-state index contributed by atoms with van der Waals surface area (Å²) in [5.41, 5.74) is 0.497. The molecule has 2 atom stereocenters. The van der Waals surface area contributed by atoms with Gasteiger partial charge in [-0.3, -0.25) is 14.4 Å². The Morgan fingerprint density at radius 3 is 2.48 bits per heavy atom. The van der Waals surface area contributed by atoms with E-state index in [0.29, 0.717) is 24.8 Å². The van der Waals surface area contributed by atoms with E-state index in [1.54, 1.807) is 24.3 Å². The molecule has 2 amide bonds. The van der Waals surface area contributed by atoms with Gasteiger partial charge >= 0.3 is 5.97 Å². The average Bonchev–Trinajstić information content (AvgIpc) is 2.94. The Morgan fingerprint density at radius 2 is 1.86 bits per heavy atom. The fourth-order valence-electron chi connectivity index (χ4n) is 2.47. The van der Waals surface area contributed by atoms with E-state index in [0.717, 1.165) is 0 Å². The highest BCUT2D eigenvalue weighted by atomic mass is 16.4. The van der Waals surface area contributed by atoms with Gasteiger partial charge in [-0.05, 0) is 31.4 Å². The van der Waals surface area contributed by atoms with Gasteiger partial charge < -0.3 is 15.7 Å². The predicted molar refractivity (Wildman–Crippen MR) is 75.7 cm³/mol. The zero-order valence-corrected chi connectivity index (χ0v) is 11.5. The standard InChI is InChI=1S/C15H18N2O4/c18-13(17-12-7-6-11(8-12)15(20)21)9-16-14(19)10-4-2-1-3-5-10/h1-5,11-12H,6-9H2,(H,16,19)(H,17,18)(H,20,21). The van der Waals surface area contributed by atoms with Crippen LogP contribution < -0.4 is 10.6 Å². The maximum atomic E-state index is 11.8. The minimum absolute atomic E-state index is 0.109. The molecule has 1 aliphatic rings. The van der Waals surface area contributed by atoms with Gasteiger partial charge in [0.1, 0.15) is 0 Å². The van der Waals surface area contributed by atoms with Crippen molar-refractivity contribution in [1.82, 2.24) is 10.6 Å². The van der Waals surface area contributed by atoms with Crippen LogP contribution in [0.2, 0.25) is 0 Å². The number of nitrogens with one attached hydrogen (secondary N) is 2. The number of carboxylic acid groups (broad SMARTS) is 1. The molecule has 1 saturated carbocycles. The van der Waals surface area contributed by atoms with Gasteiger partial charge in [-0.15, -0.1) is 0 Å². The van der Waals surface area contributed by atoms with Crippen LogP contribution in [0.4, 0.5) is 0 Å². The Hall–Kier alpha value is -2.37. The van der Waals surface area contributed by atoms with E-state index >= 15 is 0 Å². The minimum atomic E-state index is -0.816. The first-order valence-electron chi connectivity index (χ1n) is 6.91. The molecule has 0 heterocycles. The lowest BCUT2D eigenvalue weighted by atomic mass is 10.1. The van der Waals surface area contributed by atoms with Crippen molar-refractivity contribution in [2.75, 3.05) is 6.54 Å². The van der Waals surface area contributed by atoms with Crippen molar-refractivity contribution in [2.24, 2.45) is 5.92 Å². The van der Waals surface area contributed by atoms with Gasteiger partial charge in [0.15, 0.2) is 0 Å². The Labute approximate surface area is 122 Å². The first-order valence-corrected chi connectivity index (χ1v) is 6.91. The Bertz CT molecular complexity index is 530. The van der Waals surface area contributed by atoms with Crippen molar-refractivity contribution < 1.29 is 19.5 Å². The highest BCUT2D eigenvalue weighted by Crippen LogP contribution is 2.25. The lowest BCUT2D eigenvalue weighted by Crippen LogP contribution is -2.41. The zero-order chi connectivity index (χ0) is 15.2. The summed E-state index contributed by atoms with van der Waals surface area (Å²) in [6, 6.07) is 8.53. The molecule has 1 aliphatic carbocycles. The van der Waals surface area contributed by atoms with Crippen molar-refractivity contribution >= 4 is 17.8 Å². The van der Waals surface area contributed by atoms with E-state index in [-0.39, 0.29) is 30.3 Å².